The lowest BCUT2D eigenvalue weighted by molar-refractivity contribution is -0.123. The molecule has 1 aromatic heterocycles. The molecule has 100 valence electrons. The summed E-state index contributed by atoms with van der Waals surface area (Å²) in [7, 11) is 0. The van der Waals surface area contributed by atoms with Gasteiger partial charge in [0.1, 0.15) is 6.04 Å². The summed E-state index contributed by atoms with van der Waals surface area (Å²) in [4.78, 5) is 24.4. The van der Waals surface area contributed by atoms with E-state index in [1.165, 1.54) is 11.3 Å². The highest BCUT2D eigenvalue weighted by molar-refractivity contribution is 7.12. The molecule has 2 atom stereocenters. The number of nitrogens with one attached hydrogen (secondary N) is 2. The van der Waals surface area contributed by atoms with Gasteiger partial charge in [-0.2, -0.15) is 0 Å². The van der Waals surface area contributed by atoms with Crippen molar-refractivity contribution in [2.75, 3.05) is 0 Å². The van der Waals surface area contributed by atoms with Crippen LogP contribution in [0.15, 0.2) is 11.4 Å². The minimum absolute atomic E-state index is 0.125. The highest BCUT2D eigenvalue weighted by atomic mass is 32.1. The highest BCUT2D eigenvalue weighted by Crippen LogP contribution is 2.15. The Labute approximate surface area is 112 Å². The molecule has 0 fully saturated rings. The van der Waals surface area contributed by atoms with Gasteiger partial charge in [-0.25, -0.2) is 0 Å². The van der Waals surface area contributed by atoms with E-state index < -0.39 is 6.04 Å². The van der Waals surface area contributed by atoms with E-state index >= 15 is 0 Å². The number of amides is 2. The maximum absolute atomic E-state index is 11.9. The summed E-state index contributed by atoms with van der Waals surface area (Å²) in [6.07, 6.45) is 0.871. The first-order chi connectivity index (χ1) is 8.45. The van der Waals surface area contributed by atoms with Crippen molar-refractivity contribution in [3.63, 3.8) is 0 Å². The van der Waals surface area contributed by atoms with E-state index in [0.717, 1.165) is 12.0 Å². The van der Waals surface area contributed by atoms with Crippen LogP contribution >= 0.6 is 11.3 Å². The van der Waals surface area contributed by atoms with Gasteiger partial charge >= 0.3 is 0 Å². The van der Waals surface area contributed by atoms with E-state index in [-0.39, 0.29) is 17.9 Å². The number of carbonyl (C=O) groups is 2. The first-order valence-electron chi connectivity index (χ1n) is 6.11. The SMILES string of the molecule is CCC(C)NC(=O)C(C)NC(=O)c1sccc1C. The Morgan fingerprint density at radius 3 is 2.50 bits per heavy atom. The maximum Gasteiger partial charge on any atom is 0.262 e. The lowest BCUT2D eigenvalue weighted by Gasteiger charge is -2.17. The zero-order valence-electron chi connectivity index (χ0n) is 11.2. The predicted octanol–water partition coefficient (Wildman–Crippen LogP) is 2.09. The minimum atomic E-state index is -0.520. The topological polar surface area (TPSA) is 58.2 Å². The molecule has 5 heteroatoms. The number of rotatable bonds is 5. The Kier molecular flexibility index (Phi) is 5.34. The molecule has 2 amide bonds. The van der Waals surface area contributed by atoms with Crippen LogP contribution in [-0.4, -0.2) is 23.9 Å². The molecular formula is C13H20N2O2S. The summed E-state index contributed by atoms with van der Waals surface area (Å²) < 4.78 is 0. The summed E-state index contributed by atoms with van der Waals surface area (Å²) in [5.41, 5.74) is 0.937. The van der Waals surface area contributed by atoms with Crippen molar-refractivity contribution >= 4 is 23.2 Å². The summed E-state index contributed by atoms with van der Waals surface area (Å²) in [6, 6.07) is 1.50. The third-order valence-corrected chi connectivity index (χ3v) is 3.83. The van der Waals surface area contributed by atoms with Gasteiger partial charge in [-0.15, -0.1) is 11.3 Å². The second-order valence-corrected chi connectivity index (χ2v) is 5.36. The average Bonchev–Trinajstić information content (AvgIpc) is 2.75. The molecule has 1 aromatic rings. The lowest BCUT2D eigenvalue weighted by Crippen LogP contribution is -2.47. The smallest absolute Gasteiger partial charge is 0.262 e. The van der Waals surface area contributed by atoms with Gasteiger partial charge in [-0.05, 0) is 44.2 Å². The number of hydrogen-bond donors (Lipinski definition) is 2. The standard InChI is InChI=1S/C13H20N2O2S/c1-5-9(3)14-12(16)10(4)15-13(17)11-8(2)6-7-18-11/h6-7,9-10H,5H2,1-4H3,(H,14,16)(H,15,17). The van der Waals surface area contributed by atoms with E-state index in [4.69, 9.17) is 0 Å². The first-order valence-corrected chi connectivity index (χ1v) is 6.99. The Morgan fingerprint density at radius 2 is 2.00 bits per heavy atom. The molecule has 0 aliphatic rings. The van der Waals surface area contributed by atoms with Crippen LogP contribution in [0.1, 0.15) is 42.4 Å². The molecule has 0 spiro atoms. The summed E-state index contributed by atoms with van der Waals surface area (Å²) in [6.45, 7) is 7.52. The summed E-state index contributed by atoms with van der Waals surface area (Å²) >= 11 is 1.39. The fraction of sp³-hybridized carbons (Fsp3) is 0.538. The van der Waals surface area contributed by atoms with Crippen molar-refractivity contribution < 1.29 is 9.59 Å². The average molecular weight is 268 g/mol. The highest BCUT2D eigenvalue weighted by Gasteiger charge is 2.19. The molecule has 0 radical (unpaired) electrons. The molecule has 1 heterocycles. The van der Waals surface area contributed by atoms with Crippen molar-refractivity contribution in [1.29, 1.82) is 0 Å². The van der Waals surface area contributed by atoms with Crippen LogP contribution in [-0.2, 0) is 4.79 Å². The molecule has 0 saturated heterocycles. The fourth-order valence-electron chi connectivity index (χ4n) is 1.40. The Bertz CT molecular complexity index is 428. The quantitative estimate of drug-likeness (QED) is 0.859. The van der Waals surface area contributed by atoms with Gasteiger partial charge < -0.3 is 10.6 Å². The molecule has 0 aromatic carbocycles. The Balaban J connectivity index is 2.55. The first kappa shape index (κ1) is 14.7. The van der Waals surface area contributed by atoms with Gasteiger partial charge in [0.25, 0.3) is 5.91 Å². The molecule has 1 rings (SSSR count). The van der Waals surface area contributed by atoms with Crippen LogP contribution in [0.2, 0.25) is 0 Å². The van der Waals surface area contributed by atoms with Gasteiger partial charge in [0.05, 0.1) is 4.88 Å². The largest absolute Gasteiger partial charge is 0.352 e. The zero-order valence-corrected chi connectivity index (χ0v) is 12.1. The normalized spacial score (nSPS) is 13.8. The van der Waals surface area contributed by atoms with Gasteiger partial charge in [0.2, 0.25) is 5.91 Å². The fourth-order valence-corrected chi connectivity index (χ4v) is 2.23. The van der Waals surface area contributed by atoms with Gasteiger partial charge in [0, 0.05) is 6.04 Å². The molecule has 0 aliphatic carbocycles. The number of hydrogen-bond acceptors (Lipinski definition) is 3. The predicted molar refractivity (Wildman–Crippen MR) is 73.9 cm³/mol. The van der Waals surface area contributed by atoms with Crippen molar-refractivity contribution in [1.82, 2.24) is 10.6 Å². The maximum atomic E-state index is 11.9. The van der Waals surface area contributed by atoms with Crippen molar-refractivity contribution in [2.45, 2.75) is 46.2 Å². The third kappa shape index (κ3) is 3.84. The van der Waals surface area contributed by atoms with Crippen LogP contribution in [0, 0.1) is 6.92 Å². The molecular weight excluding hydrogens is 248 g/mol. The van der Waals surface area contributed by atoms with Crippen LogP contribution in [0.5, 0.6) is 0 Å². The second-order valence-electron chi connectivity index (χ2n) is 4.45. The monoisotopic (exact) mass is 268 g/mol. The van der Waals surface area contributed by atoms with Crippen molar-refractivity contribution in [2.24, 2.45) is 0 Å². The van der Waals surface area contributed by atoms with E-state index in [1.807, 2.05) is 32.2 Å². The van der Waals surface area contributed by atoms with Crippen molar-refractivity contribution in [3.8, 4) is 0 Å². The summed E-state index contributed by atoms with van der Waals surface area (Å²) in [5, 5.41) is 7.43. The molecule has 18 heavy (non-hydrogen) atoms. The van der Waals surface area contributed by atoms with Gasteiger partial charge in [-0.1, -0.05) is 6.92 Å². The molecule has 0 aliphatic heterocycles. The number of aryl methyl sites for hydroxylation is 1. The van der Waals surface area contributed by atoms with Gasteiger partial charge in [-0.3, -0.25) is 9.59 Å². The third-order valence-electron chi connectivity index (χ3n) is 2.81. The molecule has 2 unspecified atom stereocenters. The van der Waals surface area contributed by atoms with Gasteiger partial charge in [0.15, 0.2) is 0 Å². The van der Waals surface area contributed by atoms with Crippen LogP contribution in [0.25, 0.3) is 0 Å². The second kappa shape index (κ2) is 6.54. The summed E-state index contributed by atoms with van der Waals surface area (Å²) in [5.74, 6) is -0.332. The van der Waals surface area contributed by atoms with E-state index in [2.05, 4.69) is 10.6 Å². The van der Waals surface area contributed by atoms with E-state index in [1.54, 1.807) is 6.92 Å². The molecule has 0 saturated carbocycles. The molecule has 4 nitrogen and oxygen atoms in total. The zero-order chi connectivity index (χ0) is 13.7. The Morgan fingerprint density at radius 1 is 1.33 bits per heavy atom. The van der Waals surface area contributed by atoms with E-state index in [0.29, 0.717) is 4.88 Å². The lowest BCUT2D eigenvalue weighted by atomic mass is 10.2. The van der Waals surface area contributed by atoms with Crippen molar-refractivity contribution in [3.05, 3.63) is 21.9 Å². The number of thiophene rings is 1. The van der Waals surface area contributed by atoms with Crippen LogP contribution < -0.4 is 10.6 Å². The minimum Gasteiger partial charge on any atom is -0.352 e. The van der Waals surface area contributed by atoms with E-state index in [9.17, 15) is 9.59 Å². The number of carbonyl (C=O) groups excluding carboxylic acids is 2. The Hall–Kier alpha value is -1.36. The molecule has 2 N–H and O–H groups in total. The molecule has 0 bridgehead atoms. The van der Waals surface area contributed by atoms with Crippen LogP contribution in [0.3, 0.4) is 0 Å². The van der Waals surface area contributed by atoms with Crippen LogP contribution in [0.4, 0.5) is 0 Å².